The summed E-state index contributed by atoms with van der Waals surface area (Å²) in [5, 5.41) is 34.1. The molecule has 0 atom stereocenters. The zero-order chi connectivity index (χ0) is 18.0. The topological polar surface area (TPSA) is 80.9 Å². The quantitative estimate of drug-likeness (QED) is 0.350. The molecule has 0 heterocycles. The Kier molecular flexibility index (Phi) is 44.3. The molecule has 0 saturated heterocycles. The van der Waals surface area contributed by atoms with E-state index in [4.69, 9.17) is 20.4 Å². The van der Waals surface area contributed by atoms with Crippen LogP contribution in [0.2, 0.25) is 0 Å². The van der Waals surface area contributed by atoms with Gasteiger partial charge in [0.05, 0.1) is 22.4 Å². The number of aliphatic hydroxyl groups is 4. The smallest absolute Gasteiger partial charge is 0.0563 e. The van der Waals surface area contributed by atoms with E-state index >= 15 is 0 Å². The van der Waals surface area contributed by atoms with Crippen LogP contribution in [0.4, 0.5) is 0 Å². The summed E-state index contributed by atoms with van der Waals surface area (Å²) in [5.41, 5.74) is -2.00. The van der Waals surface area contributed by atoms with E-state index in [1.165, 1.54) is 0 Å². The van der Waals surface area contributed by atoms with E-state index in [0.717, 1.165) is 0 Å². The van der Waals surface area contributed by atoms with Crippen LogP contribution in [0.3, 0.4) is 0 Å². The summed E-state index contributed by atoms with van der Waals surface area (Å²) in [6, 6.07) is 0. The predicted octanol–water partition coefficient (Wildman–Crippen LogP) is 3.10. The van der Waals surface area contributed by atoms with Gasteiger partial charge in [-0.3, -0.25) is 0 Å². The van der Waals surface area contributed by atoms with Crippen molar-refractivity contribution < 1.29 is 88.7 Å². The van der Waals surface area contributed by atoms with E-state index in [0.29, 0.717) is 0 Å². The van der Waals surface area contributed by atoms with Crippen molar-refractivity contribution in [1.82, 2.24) is 0 Å². The van der Waals surface area contributed by atoms with Gasteiger partial charge in [0.2, 0.25) is 0 Å². The maximum Gasteiger partial charge on any atom is 0.0563 e. The van der Waals surface area contributed by atoms with Crippen LogP contribution in [0, 0.1) is 0 Å². The SMILES string of the molecule is CC(C)(C)O.CC(C)(C)O.CC(C)(C)O.CC(C)(C)O.[Cu].[Cu].[Cu].[Cu]. The first kappa shape index (κ1) is 50.1. The molecule has 0 unspecified atom stereocenters. The Morgan fingerprint density at radius 2 is 0.292 bits per heavy atom. The molecule has 0 aliphatic carbocycles. The molecular formula is C16H40Cu4O4. The van der Waals surface area contributed by atoms with Gasteiger partial charge in [0, 0.05) is 68.3 Å². The van der Waals surface area contributed by atoms with Crippen molar-refractivity contribution in [2.75, 3.05) is 0 Å². The first-order chi connectivity index (χ1) is 8.00. The van der Waals surface area contributed by atoms with E-state index in [1.54, 1.807) is 83.1 Å². The molecular weight excluding hydrogens is 510 g/mol. The van der Waals surface area contributed by atoms with Crippen molar-refractivity contribution in [3.8, 4) is 0 Å². The molecule has 0 bridgehead atoms. The van der Waals surface area contributed by atoms with Crippen molar-refractivity contribution in [1.29, 1.82) is 0 Å². The molecule has 0 fully saturated rings. The Labute approximate surface area is 193 Å². The van der Waals surface area contributed by atoms with Crippen LogP contribution >= 0.6 is 0 Å². The summed E-state index contributed by atoms with van der Waals surface area (Å²) >= 11 is 0. The zero-order valence-electron chi connectivity index (χ0n) is 17.0. The second-order valence-electron chi connectivity index (χ2n) is 8.68. The maximum absolute atomic E-state index is 8.52. The Morgan fingerprint density at radius 1 is 0.292 bits per heavy atom. The summed E-state index contributed by atoms with van der Waals surface area (Å²) < 4.78 is 0. The van der Waals surface area contributed by atoms with Crippen molar-refractivity contribution in [2.45, 2.75) is 105 Å². The van der Waals surface area contributed by atoms with Gasteiger partial charge in [0.25, 0.3) is 0 Å². The van der Waals surface area contributed by atoms with Crippen LogP contribution < -0.4 is 0 Å². The van der Waals surface area contributed by atoms with Crippen molar-refractivity contribution in [2.24, 2.45) is 0 Å². The van der Waals surface area contributed by atoms with Gasteiger partial charge in [0.1, 0.15) is 0 Å². The van der Waals surface area contributed by atoms with Crippen LogP contribution in [0.15, 0.2) is 0 Å². The van der Waals surface area contributed by atoms with Gasteiger partial charge in [-0.05, 0) is 83.1 Å². The molecule has 0 amide bonds. The van der Waals surface area contributed by atoms with Gasteiger partial charge in [-0.2, -0.15) is 0 Å². The minimum Gasteiger partial charge on any atom is -0.391 e. The van der Waals surface area contributed by atoms with Gasteiger partial charge in [-0.25, -0.2) is 0 Å². The van der Waals surface area contributed by atoms with Crippen molar-refractivity contribution in [3.63, 3.8) is 0 Å². The third kappa shape index (κ3) is 3420. The number of hydrogen-bond donors (Lipinski definition) is 4. The minimum absolute atomic E-state index is 0. The zero-order valence-corrected chi connectivity index (χ0v) is 20.8. The minimum atomic E-state index is -0.500. The fourth-order valence-electron chi connectivity index (χ4n) is 0. The van der Waals surface area contributed by atoms with E-state index in [2.05, 4.69) is 0 Å². The molecule has 0 aromatic rings. The third-order valence-corrected chi connectivity index (χ3v) is 0. The van der Waals surface area contributed by atoms with E-state index in [1.807, 2.05) is 0 Å². The predicted molar refractivity (Wildman–Crippen MR) is 87.9 cm³/mol. The molecule has 0 rings (SSSR count). The van der Waals surface area contributed by atoms with Crippen LogP contribution in [0.5, 0.6) is 0 Å². The van der Waals surface area contributed by atoms with E-state index < -0.39 is 22.4 Å². The maximum atomic E-state index is 8.52. The van der Waals surface area contributed by atoms with Gasteiger partial charge in [-0.1, -0.05) is 0 Å². The van der Waals surface area contributed by atoms with Crippen LogP contribution in [-0.2, 0) is 68.3 Å². The summed E-state index contributed by atoms with van der Waals surface area (Å²) in [4.78, 5) is 0. The molecule has 0 saturated carbocycles. The van der Waals surface area contributed by atoms with Gasteiger partial charge in [0.15, 0.2) is 0 Å². The molecule has 4 nitrogen and oxygen atoms in total. The van der Waals surface area contributed by atoms with Crippen molar-refractivity contribution >= 4 is 0 Å². The summed E-state index contributed by atoms with van der Waals surface area (Å²) in [7, 11) is 0. The molecule has 8 heteroatoms. The standard InChI is InChI=1S/4C4H10O.4Cu/c4*1-4(2,3)5;;;;/h4*5H,1-3H3;;;;. The van der Waals surface area contributed by atoms with Crippen LogP contribution in [0.25, 0.3) is 0 Å². The Bertz CT molecular complexity index is 140. The average molecular weight is 551 g/mol. The molecule has 0 spiro atoms. The first-order valence-electron chi connectivity index (χ1n) is 6.89. The molecule has 0 aromatic carbocycles. The van der Waals surface area contributed by atoms with E-state index in [9.17, 15) is 0 Å². The first-order valence-corrected chi connectivity index (χ1v) is 6.89. The van der Waals surface area contributed by atoms with E-state index in [-0.39, 0.29) is 68.3 Å². The molecule has 0 aromatic heterocycles. The third-order valence-electron chi connectivity index (χ3n) is 0. The Balaban J connectivity index is -0.0000000225. The number of hydrogen-bond acceptors (Lipinski definition) is 4. The Hall–Kier alpha value is 1.92. The number of rotatable bonds is 0. The second-order valence-corrected chi connectivity index (χ2v) is 8.68. The molecule has 4 N–H and O–H groups in total. The molecule has 24 heavy (non-hydrogen) atoms. The second kappa shape index (κ2) is 21.2. The van der Waals surface area contributed by atoms with Gasteiger partial charge in [-0.15, -0.1) is 0 Å². The van der Waals surface area contributed by atoms with Gasteiger partial charge >= 0.3 is 0 Å². The average Bonchev–Trinajstić information content (AvgIpc) is 1.62. The molecule has 172 valence electrons. The van der Waals surface area contributed by atoms with Crippen LogP contribution in [0.1, 0.15) is 83.1 Å². The van der Waals surface area contributed by atoms with Gasteiger partial charge < -0.3 is 20.4 Å². The van der Waals surface area contributed by atoms with Crippen LogP contribution in [-0.4, -0.2) is 42.8 Å². The molecule has 0 aliphatic heterocycles. The fourth-order valence-corrected chi connectivity index (χ4v) is 0. The Morgan fingerprint density at radius 3 is 0.292 bits per heavy atom. The summed E-state index contributed by atoms with van der Waals surface area (Å²) in [6.07, 6.45) is 0. The van der Waals surface area contributed by atoms with Crippen molar-refractivity contribution in [3.05, 3.63) is 0 Å². The molecule has 4 radical (unpaired) electrons. The fraction of sp³-hybridized carbons (Fsp3) is 1.00. The summed E-state index contributed by atoms with van der Waals surface area (Å²) in [6.45, 7) is 20.9. The largest absolute Gasteiger partial charge is 0.391 e. The molecule has 0 aliphatic rings. The monoisotopic (exact) mass is 548 g/mol. The summed E-state index contributed by atoms with van der Waals surface area (Å²) in [5.74, 6) is 0. The normalized spacial score (nSPS) is 10.0.